The molecule has 6 nitrogen and oxygen atoms in total. The number of aromatic nitrogens is 1. The molecular weight excluding hydrogens is 370 g/mol. The molecule has 2 rings (SSSR count). The summed E-state index contributed by atoms with van der Waals surface area (Å²) in [4.78, 5) is 18.7. The smallest absolute Gasteiger partial charge is 0.412 e. The largest absolute Gasteiger partial charge is 0.445 e. The van der Waals surface area contributed by atoms with E-state index in [0.717, 1.165) is 12.0 Å². The summed E-state index contributed by atoms with van der Waals surface area (Å²) >= 11 is 0. The predicted octanol–water partition coefficient (Wildman–Crippen LogP) is 3.88. The minimum absolute atomic E-state index is 0.0245. The van der Waals surface area contributed by atoms with Crippen molar-refractivity contribution in [3.05, 3.63) is 42.2 Å². The number of nitriles is 1. The van der Waals surface area contributed by atoms with E-state index >= 15 is 0 Å². The van der Waals surface area contributed by atoms with Gasteiger partial charge in [-0.3, -0.25) is 4.90 Å². The second kappa shape index (κ2) is 8.89. The fraction of sp³-hybridized carbons (Fsp3) is 0.571. The lowest BCUT2D eigenvalue weighted by atomic mass is 9.78. The summed E-state index contributed by atoms with van der Waals surface area (Å²) in [7, 11) is -1.49. The molecule has 152 valence electrons. The van der Waals surface area contributed by atoms with E-state index in [1.54, 1.807) is 23.2 Å². The van der Waals surface area contributed by atoms with Crippen LogP contribution in [0.4, 0.5) is 4.79 Å². The summed E-state index contributed by atoms with van der Waals surface area (Å²) < 4.78 is 11.9. The number of hydrogen-bond acceptors (Lipinski definition) is 5. The topological polar surface area (TPSA) is 75.5 Å². The predicted molar refractivity (Wildman–Crippen MR) is 111 cm³/mol. The molecule has 0 spiro atoms. The van der Waals surface area contributed by atoms with E-state index in [4.69, 9.17) is 9.16 Å². The fourth-order valence-electron chi connectivity index (χ4n) is 3.70. The van der Waals surface area contributed by atoms with Gasteiger partial charge in [0.15, 0.2) is 9.04 Å². The van der Waals surface area contributed by atoms with E-state index in [9.17, 15) is 10.1 Å². The zero-order valence-electron chi connectivity index (χ0n) is 17.6. The molecule has 0 unspecified atom stereocenters. The van der Waals surface area contributed by atoms with Crippen LogP contribution in [-0.2, 0) is 15.6 Å². The van der Waals surface area contributed by atoms with E-state index in [-0.39, 0.29) is 24.0 Å². The normalized spacial score (nSPS) is 22.2. The van der Waals surface area contributed by atoms with E-state index in [1.807, 2.05) is 6.07 Å². The van der Waals surface area contributed by atoms with Crippen molar-refractivity contribution < 1.29 is 14.0 Å². The average molecular weight is 402 g/mol. The number of ether oxygens (including phenoxy) is 1. The summed E-state index contributed by atoms with van der Waals surface area (Å²) in [5.74, 6) is 0.272. The Labute approximate surface area is 169 Å². The van der Waals surface area contributed by atoms with Crippen LogP contribution in [0.1, 0.15) is 38.4 Å². The van der Waals surface area contributed by atoms with Gasteiger partial charge >= 0.3 is 6.09 Å². The van der Waals surface area contributed by atoms with Crippen molar-refractivity contribution in [2.24, 2.45) is 11.3 Å². The quantitative estimate of drug-likeness (QED) is 0.534. The number of carbonyl (C=O) groups is 1. The Morgan fingerprint density at radius 2 is 2.25 bits per heavy atom. The Balaban J connectivity index is 2.45. The number of carbonyl (C=O) groups excluding carboxylic acids is 1. The standard InChI is InChI=1S/C21H31N3O3Si/c1-7-10-26-19(25)24-15-17(20(2,3)4)13-21(24,27-28(5)6)12-16-8-9-23-18(11-16)14-22/h7-9,11,17,28H,1,10,12-13,15H2,2-6H3/t17-,21-/m0/s1. The number of likely N-dealkylation sites (tertiary alicyclic amines) is 1. The second-order valence-electron chi connectivity index (χ2n) is 8.69. The molecular formula is C21H31N3O3Si. The van der Waals surface area contributed by atoms with Gasteiger partial charge in [0, 0.05) is 19.2 Å². The Morgan fingerprint density at radius 3 is 2.82 bits per heavy atom. The zero-order chi connectivity index (χ0) is 20.9. The molecule has 28 heavy (non-hydrogen) atoms. The van der Waals surface area contributed by atoms with Crippen molar-refractivity contribution >= 4 is 15.1 Å². The molecule has 1 aliphatic rings. The first-order chi connectivity index (χ1) is 13.1. The van der Waals surface area contributed by atoms with Gasteiger partial charge in [0.1, 0.15) is 24.1 Å². The molecule has 7 heteroatoms. The van der Waals surface area contributed by atoms with Gasteiger partial charge in [-0.15, -0.1) is 0 Å². The van der Waals surface area contributed by atoms with Crippen LogP contribution >= 0.6 is 0 Å². The van der Waals surface area contributed by atoms with Crippen LogP contribution in [0.3, 0.4) is 0 Å². The van der Waals surface area contributed by atoms with Crippen LogP contribution in [0.15, 0.2) is 31.0 Å². The first-order valence-electron chi connectivity index (χ1n) is 9.69. The van der Waals surface area contributed by atoms with Crippen LogP contribution in [0.25, 0.3) is 0 Å². The summed E-state index contributed by atoms with van der Waals surface area (Å²) in [5, 5.41) is 9.19. The van der Waals surface area contributed by atoms with Crippen molar-refractivity contribution in [2.75, 3.05) is 13.2 Å². The molecule has 0 radical (unpaired) electrons. The number of hydrogen-bond donors (Lipinski definition) is 0. The lowest BCUT2D eigenvalue weighted by Crippen LogP contribution is -2.53. The van der Waals surface area contributed by atoms with Crippen LogP contribution in [-0.4, -0.2) is 43.9 Å². The molecule has 1 fully saturated rings. The third-order valence-corrected chi connectivity index (χ3v) is 6.01. The Hall–Kier alpha value is -2.17. The summed E-state index contributed by atoms with van der Waals surface area (Å²) in [6, 6.07) is 5.73. The summed E-state index contributed by atoms with van der Waals surface area (Å²) in [6.07, 6.45) is 4.05. The molecule has 0 aromatic carbocycles. The molecule has 0 N–H and O–H groups in total. The monoisotopic (exact) mass is 401 g/mol. The third kappa shape index (κ3) is 5.21. The van der Waals surface area contributed by atoms with Gasteiger partial charge in [0.25, 0.3) is 0 Å². The van der Waals surface area contributed by atoms with Crippen LogP contribution in [0.5, 0.6) is 0 Å². The number of pyridine rings is 1. The maximum Gasteiger partial charge on any atom is 0.412 e. The second-order valence-corrected chi connectivity index (χ2v) is 11.0. The maximum atomic E-state index is 12.9. The number of nitrogens with zero attached hydrogens (tertiary/aromatic N) is 3. The molecule has 0 aliphatic carbocycles. The molecule has 0 bridgehead atoms. The van der Waals surface area contributed by atoms with Crippen LogP contribution in [0, 0.1) is 22.7 Å². The summed E-state index contributed by atoms with van der Waals surface area (Å²) in [5.41, 5.74) is 0.541. The molecule has 1 aliphatic heterocycles. The maximum absolute atomic E-state index is 12.9. The highest BCUT2D eigenvalue weighted by Gasteiger charge is 2.52. The highest BCUT2D eigenvalue weighted by atomic mass is 28.3. The first kappa shape index (κ1) is 22.1. The van der Waals surface area contributed by atoms with Gasteiger partial charge in [-0.25, -0.2) is 9.78 Å². The van der Waals surface area contributed by atoms with E-state index in [2.05, 4.69) is 51.5 Å². The lowest BCUT2D eigenvalue weighted by Gasteiger charge is -2.39. The van der Waals surface area contributed by atoms with Gasteiger partial charge in [-0.2, -0.15) is 5.26 Å². The average Bonchev–Trinajstić information content (AvgIpc) is 2.98. The van der Waals surface area contributed by atoms with Gasteiger partial charge in [-0.1, -0.05) is 33.4 Å². The zero-order valence-corrected chi connectivity index (χ0v) is 18.7. The molecule has 1 aromatic rings. The van der Waals surface area contributed by atoms with Crippen molar-refractivity contribution in [1.29, 1.82) is 5.26 Å². The van der Waals surface area contributed by atoms with Gasteiger partial charge in [0.2, 0.25) is 0 Å². The van der Waals surface area contributed by atoms with E-state index in [1.165, 1.54) is 0 Å². The van der Waals surface area contributed by atoms with E-state index < -0.39 is 14.8 Å². The van der Waals surface area contributed by atoms with Crippen molar-refractivity contribution in [3.63, 3.8) is 0 Å². The molecule has 0 saturated carbocycles. The Bertz CT molecular complexity index is 754. The first-order valence-corrected chi connectivity index (χ1v) is 12.5. The van der Waals surface area contributed by atoms with Gasteiger partial charge < -0.3 is 9.16 Å². The minimum Gasteiger partial charge on any atom is -0.445 e. The molecule has 1 amide bonds. The molecule has 2 atom stereocenters. The number of amides is 1. The highest BCUT2D eigenvalue weighted by Crippen LogP contribution is 2.45. The number of rotatable bonds is 6. The fourth-order valence-corrected chi connectivity index (χ4v) is 4.88. The minimum atomic E-state index is -1.49. The van der Waals surface area contributed by atoms with Crippen molar-refractivity contribution in [3.8, 4) is 6.07 Å². The van der Waals surface area contributed by atoms with E-state index in [0.29, 0.717) is 18.7 Å². The SMILES string of the molecule is C=CCOC(=O)N1C[C@@H](C(C)(C)C)C[C@]1(Cc1ccnc(C#N)c1)O[SiH](C)C. The molecule has 2 heterocycles. The molecule has 1 saturated heterocycles. The van der Waals surface area contributed by atoms with Crippen LogP contribution < -0.4 is 0 Å². The van der Waals surface area contributed by atoms with Gasteiger partial charge in [-0.05, 0) is 48.5 Å². The molecule has 1 aromatic heterocycles. The highest BCUT2D eigenvalue weighted by molar-refractivity contribution is 6.48. The Morgan fingerprint density at radius 1 is 1.54 bits per heavy atom. The third-order valence-electron chi connectivity index (χ3n) is 5.10. The van der Waals surface area contributed by atoms with Gasteiger partial charge in [0.05, 0.1) is 0 Å². The Kier molecular flexibility index (Phi) is 7.02. The van der Waals surface area contributed by atoms with Crippen molar-refractivity contribution in [2.45, 2.75) is 52.4 Å². The lowest BCUT2D eigenvalue weighted by molar-refractivity contribution is -0.0508. The summed E-state index contributed by atoms with van der Waals surface area (Å²) in [6.45, 7) is 15.1. The van der Waals surface area contributed by atoms with Crippen molar-refractivity contribution in [1.82, 2.24) is 9.88 Å². The van der Waals surface area contributed by atoms with Crippen LogP contribution in [0.2, 0.25) is 13.1 Å².